The van der Waals surface area contributed by atoms with Gasteiger partial charge < -0.3 is 42.2 Å². The van der Waals surface area contributed by atoms with Gasteiger partial charge in [-0.15, -0.1) is 0 Å². The Balaban J connectivity index is 0.000000118. The number of para-hydroxylation sites is 1. The fraction of sp³-hybridized carbons (Fsp3) is 0.537. The SMILES string of the molecule is Cc1ccc2c(n1)oc1c(N3C(C)C(C)(C)CC3(C)C)c(C)ccc12.Cc1ccc2c(n1)oc1c(N3C(C)C4(CCCCC4)CC3(C)C)c(C)ccc12.Cc1ccc2c(oc3ncccc32)c1N1C(C)C(C)(C)CC1(C)C.Cc1ccc2c(oc3ncccc32)c1N1C(C)C2(CCCCC2)CC1(C)C.[2H]C([2H])([2H])C1(C([2H])([2H])[2H])C(C)N(c2ccccc2C)C(C)(C)C1([2H])[2H]. The number of nitrogens with zero attached hydrogens (tertiary/aromatic N) is 9. The van der Waals surface area contributed by atoms with Gasteiger partial charge in [-0.3, -0.25) is 0 Å². The van der Waals surface area contributed by atoms with Crippen molar-refractivity contribution in [1.82, 2.24) is 19.9 Å². The highest BCUT2D eigenvalue weighted by Gasteiger charge is 2.58. The molecular formula is C108H141N9O4. The third-order valence-corrected chi connectivity index (χ3v) is 30.5. The van der Waals surface area contributed by atoms with Crippen LogP contribution in [0.25, 0.3) is 88.3 Å². The molecule has 121 heavy (non-hydrogen) atoms. The molecule has 0 amide bonds. The summed E-state index contributed by atoms with van der Waals surface area (Å²) in [4.78, 5) is 30.3. The molecule has 5 saturated heterocycles. The number of anilines is 5. The lowest BCUT2D eigenvalue weighted by atomic mass is 9.68. The number of fused-ring (bicyclic) bond motifs is 12. The smallest absolute Gasteiger partial charge is 0.227 e. The number of aryl methyl sites for hydroxylation is 7. The number of benzene rings is 5. The summed E-state index contributed by atoms with van der Waals surface area (Å²) in [5.41, 5.74) is 18.6. The fourth-order valence-corrected chi connectivity index (χ4v) is 25.1. The van der Waals surface area contributed by atoms with Gasteiger partial charge in [-0.25, -0.2) is 19.9 Å². The zero-order valence-corrected chi connectivity index (χ0v) is 77.6. The van der Waals surface area contributed by atoms with Crippen molar-refractivity contribution in [2.45, 2.75) is 348 Å². The lowest BCUT2D eigenvalue weighted by Gasteiger charge is -2.41. The molecule has 5 unspecified atom stereocenters. The molecule has 642 valence electrons. The Morgan fingerprint density at radius 2 is 0.628 bits per heavy atom. The zero-order valence-electron chi connectivity index (χ0n) is 85.6. The summed E-state index contributed by atoms with van der Waals surface area (Å²) in [5.74, 6) is 0. The minimum Gasteiger partial charge on any atom is -0.436 e. The molecule has 2 spiro atoms. The third-order valence-electron chi connectivity index (χ3n) is 30.5. The number of pyridine rings is 4. The first-order valence-corrected chi connectivity index (χ1v) is 45.3. The normalized spacial score (nSPS) is 25.3. The maximum absolute atomic E-state index is 8.69. The molecule has 13 nitrogen and oxygen atoms in total. The van der Waals surface area contributed by atoms with Crippen LogP contribution in [-0.2, 0) is 0 Å². The zero-order chi connectivity index (χ0) is 93.6. The molecule has 0 radical (unpaired) electrons. The lowest BCUT2D eigenvalue weighted by Crippen LogP contribution is -2.44. The van der Waals surface area contributed by atoms with Crippen LogP contribution >= 0.6 is 0 Å². The van der Waals surface area contributed by atoms with E-state index in [2.05, 4.69) is 263 Å². The highest BCUT2D eigenvalue weighted by Crippen LogP contribution is 2.61. The van der Waals surface area contributed by atoms with Crippen molar-refractivity contribution in [1.29, 1.82) is 0 Å². The van der Waals surface area contributed by atoms with Crippen LogP contribution in [0.2, 0.25) is 0 Å². The Labute approximate surface area is 733 Å². The highest BCUT2D eigenvalue weighted by atomic mass is 16.4. The second-order valence-corrected chi connectivity index (χ2v) is 42.5. The summed E-state index contributed by atoms with van der Waals surface area (Å²) in [6, 6.07) is 42.4. The van der Waals surface area contributed by atoms with Gasteiger partial charge >= 0.3 is 0 Å². The van der Waals surface area contributed by atoms with E-state index in [9.17, 15) is 0 Å². The van der Waals surface area contributed by atoms with E-state index >= 15 is 0 Å². The number of furan rings is 4. The monoisotopic (exact) mass is 1640 g/mol. The number of aromatic nitrogens is 4. The molecule has 5 aliphatic heterocycles. The highest BCUT2D eigenvalue weighted by molar-refractivity contribution is 6.12. The van der Waals surface area contributed by atoms with Gasteiger partial charge in [0.1, 0.15) is 0 Å². The fourth-order valence-electron chi connectivity index (χ4n) is 25.1. The minimum atomic E-state index is -3.00. The molecule has 13 heterocycles. The van der Waals surface area contributed by atoms with Gasteiger partial charge in [0.15, 0.2) is 22.3 Å². The summed E-state index contributed by atoms with van der Waals surface area (Å²) in [6.45, 7) is 51.5. The molecule has 13 aromatic rings. The Kier molecular flexibility index (Phi) is 19.0. The van der Waals surface area contributed by atoms with Crippen molar-refractivity contribution in [3.05, 3.63) is 173 Å². The molecule has 7 fully saturated rings. The molecule has 0 bridgehead atoms. The Hall–Kier alpha value is -9.10. The van der Waals surface area contributed by atoms with E-state index in [1.165, 1.54) is 140 Å². The van der Waals surface area contributed by atoms with Gasteiger partial charge in [-0.2, -0.15) is 0 Å². The van der Waals surface area contributed by atoms with Gasteiger partial charge in [0.25, 0.3) is 0 Å². The van der Waals surface area contributed by atoms with Crippen LogP contribution in [0.3, 0.4) is 0 Å². The first-order valence-electron chi connectivity index (χ1n) is 49.3. The largest absolute Gasteiger partial charge is 0.436 e. The van der Waals surface area contributed by atoms with Crippen LogP contribution in [0, 0.1) is 75.5 Å². The van der Waals surface area contributed by atoms with Crippen LogP contribution in [0.1, 0.15) is 292 Å². The minimum absolute atomic E-state index is 0.0876. The molecule has 2 aliphatic carbocycles. The first-order chi connectivity index (χ1) is 60.1. The van der Waals surface area contributed by atoms with Crippen LogP contribution < -0.4 is 24.5 Å². The van der Waals surface area contributed by atoms with Crippen LogP contribution in [-0.4, -0.2) is 77.8 Å². The van der Waals surface area contributed by atoms with Crippen molar-refractivity contribution in [3.63, 3.8) is 0 Å². The van der Waals surface area contributed by atoms with E-state index in [1.54, 1.807) is 37.1 Å². The molecule has 5 atom stereocenters. The number of hydrogen-bond donors (Lipinski definition) is 0. The topological polar surface area (TPSA) is 120 Å². The molecule has 7 aliphatic rings. The van der Waals surface area contributed by atoms with Gasteiger partial charge in [0.05, 0.1) is 22.7 Å². The molecule has 0 N–H and O–H groups in total. The van der Waals surface area contributed by atoms with Gasteiger partial charge in [-0.05, 0) is 320 Å². The number of hydrogen-bond acceptors (Lipinski definition) is 13. The maximum atomic E-state index is 8.69. The predicted octanol–water partition coefficient (Wildman–Crippen LogP) is 29.6. The summed E-state index contributed by atoms with van der Waals surface area (Å²) in [7, 11) is 0. The third kappa shape index (κ3) is 14.6. The average Bonchev–Trinajstić information content (AvgIpc) is 1.50. The standard InChI is InChI=1S/C25H32N2O.C24H30N2O.C22H28N2O.C21H26N2O.C16H25N/c1-16-9-11-19-20-12-10-17(2)26-23(20)28-22(19)21(16)27-18(3)25(15-24(27,4)5)13-7-6-8-14-25;1-16-10-11-18-19-9-8-14-25-22(19)27-21(18)20(16)26-17(2)24(15-23(26,3)4)12-6-5-7-13-24;1-13-8-10-16-17-11-9-14(2)23-20(17)25-19(16)18(13)24-15(3)21(4,5)12-22(24,6)7;1-13-9-10-15-16-8-7-11-22-19(16)24-18(15)17(13)23-14(2)20(3,4)12-21(23,5)6;1-12-9-7-8-10-14(12)17-13(2)15(3,4)11-16(17,5)6/h9-12,18H,6-8,13-15H2,1-5H3;8-11,14,17H,5-7,12-13,15H2,1-4H3;8-11,15H,12H2,1-7H3;7-11,14H,12H2,1-6H3;7-10,13H,11H2,1-6H3/i;;;;3D3,4D3,11D2. The number of rotatable bonds is 5. The van der Waals surface area contributed by atoms with Gasteiger partial charge in [0, 0.05) is 141 Å². The molecule has 2 saturated carbocycles. The predicted molar refractivity (Wildman–Crippen MR) is 511 cm³/mol. The Bertz CT molecular complexity index is 6430. The van der Waals surface area contributed by atoms with Gasteiger partial charge in [0.2, 0.25) is 22.9 Å². The first kappa shape index (κ1) is 75.6. The average molecular weight is 1640 g/mol. The van der Waals surface area contributed by atoms with E-state index in [0.717, 1.165) is 107 Å². The molecule has 20 rings (SSSR count). The van der Waals surface area contributed by atoms with E-state index < -0.39 is 37.1 Å². The molecular weight excluding hydrogens is 1490 g/mol. The van der Waals surface area contributed by atoms with Crippen molar-refractivity contribution in [2.75, 3.05) is 24.5 Å². The van der Waals surface area contributed by atoms with Crippen LogP contribution in [0.4, 0.5) is 28.4 Å². The summed E-state index contributed by atoms with van der Waals surface area (Å²) < 4.78 is 90.7. The molecule has 13 heteroatoms. The lowest BCUT2D eigenvalue weighted by molar-refractivity contribution is 0.170. The second-order valence-electron chi connectivity index (χ2n) is 42.5. The summed E-state index contributed by atoms with van der Waals surface area (Å²) in [6.07, 6.45) is 19.8. The molecule has 8 aromatic heterocycles. The maximum Gasteiger partial charge on any atom is 0.227 e. The summed E-state index contributed by atoms with van der Waals surface area (Å²) in [5, 5.41) is 9.14. The summed E-state index contributed by atoms with van der Waals surface area (Å²) >= 11 is 0. The van der Waals surface area contributed by atoms with E-state index in [4.69, 9.17) is 28.6 Å². The van der Waals surface area contributed by atoms with E-state index in [0.29, 0.717) is 40.7 Å². The van der Waals surface area contributed by atoms with E-state index in [1.807, 2.05) is 51.2 Å². The van der Waals surface area contributed by atoms with Crippen molar-refractivity contribution in [3.8, 4) is 0 Å². The van der Waals surface area contributed by atoms with Gasteiger partial charge in [-0.1, -0.05) is 147 Å². The van der Waals surface area contributed by atoms with Crippen molar-refractivity contribution < 1.29 is 28.6 Å². The van der Waals surface area contributed by atoms with Crippen molar-refractivity contribution in [2.24, 2.45) is 27.1 Å². The molecule has 5 aromatic carbocycles. The van der Waals surface area contributed by atoms with Crippen LogP contribution in [0.15, 0.2) is 151 Å². The van der Waals surface area contributed by atoms with Crippen molar-refractivity contribution >= 4 is 117 Å². The quantitative estimate of drug-likeness (QED) is 0.163. The Morgan fingerprint density at radius 3 is 0.959 bits per heavy atom. The Morgan fingerprint density at radius 1 is 0.314 bits per heavy atom. The second kappa shape index (κ2) is 30.4. The van der Waals surface area contributed by atoms with Crippen LogP contribution in [0.5, 0.6) is 0 Å². The van der Waals surface area contributed by atoms with E-state index in [-0.39, 0.29) is 33.0 Å².